The van der Waals surface area contributed by atoms with Crippen molar-refractivity contribution in [3.05, 3.63) is 98.0 Å². The van der Waals surface area contributed by atoms with Gasteiger partial charge in [-0.3, -0.25) is 97.3 Å². The number of aromatic nitrogens is 5. The molecule has 0 aliphatic carbocycles. The molecule has 23 N–H and O–H groups in total. The summed E-state index contributed by atoms with van der Waals surface area (Å²) in [5, 5.41) is 91.5. The highest BCUT2D eigenvalue weighted by Gasteiger charge is 2.42. The second kappa shape index (κ2) is 57.7. The zero-order valence-electron chi connectivity index (χ0n) is 77.7. The van der Waals surface area contributed by atoms with Crippen molar-refractivity contribution in [2.45, 2.75) is 238 Å². The number of aliphatic carboxylic acids is 5. The first kappa shape index (κ1) is 114. The van der Waals surface area contributed by atoms with Gasteiger partial charge in [-0.1, -0.05) is 88.1 Å². The number of anilines is 2. The van der Waals surface area contributed by atoms with Gasteiger partial charge in [-0.05, 0) is 131 Å². The quantitative estimate of drug-likeness (QED) is 0.00664. The molecule has 4 heterocycles. The number of nitrogen functional groups attached to an aromatic ring is 1. The molecule has 5 aromatic rings. The van der Waals surface area contributed by atoms with Gasteiger partial charge in [-0.2, -0.15) is 4.98 Å². The summed E-state index contributed by atoms with van der Waals surface area (Å²) in [6.45, 7) is 11.9. The number of rotatable bonds is 63. The first-order valence-electron chi connectivity index (χ1n) is 44.8. The number of likely N-dealkylation sites (tertiary alicyclic amines) is 1. The first-order valence-corrected chi connectivity index (χ1v) is 48.2. The molecular weight excluding hydrogens is 1870 g/mol. The number of fused-ring (bicyclic) bond motifs is 1. The van der Waals surface area contributed by atoms with Crippen LogP contribution in [0.3, 0.4) is 0 Å². The maximum absolute atomic E-state index is 15.1. The highest BCUT2D eigenvalue weighted by molar-refractivity contribution is 8.76. The number of carbonyl (C=O) groups excluding carboxylic acids is 12. The number of aromatic amines is 1. The fourth-order valence-electron chi connectivity index (χ4n) is 14.8. The van der Waals surface area contributed by atoms with Crippen LogP contribution in [0.5, 0.6) is 5.75 Å². The van der Waals surface area contributed by atoms with Gasteiger partial charge in [-0.25, -0.2) is 30.0 Å². The summed E-state index contributed by atoms with van der Waals surface area (Å²) in [6.07, 6.45) is -7.62. The Labute approximate surface area is 805 Å². The van der Waals surface area contributed by atoms with Crippen LogP contribution in [0, 0.1) is 35.5 Å². The minimum Gasteiger partial charge on any atom is -0.508 e. The van der Waals surface area contributed by atoms with Crippen molar-refractivity contribution in [3.8, 4) is 5.75 Å². The number of esters is 2. The van der Waals surface area contributed by atoms with Gasteiger partial charge in [0.1, 0.15) is 53.4 Å². The third-order valence-corrected chi connectivity index (χ3v) is 25.9. The van der Waals surface area contributed by atoms with E-state index in [2.05, 4.69) is 73.0 Å². The van der Waals surface area contributed by atoms with Gasteiger partial charge in [0.2, 0.25) is 29.6 Å². The van der Waals surface area contributed by atoms with Crippen LogP contribution in [-0.2, 0) is 94.3 Å². The lowest BCUT2D eigenvalue weighted by atomic mass is 9.90. The maximum Gasteiger partial charge on any atom is 0.421 e. The monoisotopic (exact) mass is 1990 g/mol. The number of H-pyrrole nitrogens is 1. The van der Waals surface area contributed by atoms with Crippen molar-refractivity contribution in [1.82, 2.24) is 77.5 Å². The average molecular weight is 1990 g/mol. The number of nitrogens with one attached hydrogen (secondary N) is 10. The number of piperidine rings is 1. The number of aliphatic hydroxyl groups excluding tert-OH is 1. The standard InChI is InChI=1S/C88H125N19O28S3/c1-9-14-71(119)134-44-107(83(127)72(46(5)10-2)101-80(125)63-16-11-12-28-106(63)8)64(45(3)4)39-67(135-48(7)108)82-100-62(43-136-82)79(124)96-55(32-49-17-23-57(109)24-18-49)31-47(6)75(120)104-105-88(132)133-29-30-137-138-42-53(84(128)129)35-66(112)61(38-70(117)118)99-78(123)52(37-69(115)116)34-65(111)59(15-13-27-92-86(89)90)97-77(122)51(36-68(113)114)33-58(110)25-26-60(85(130)131)98-76(121)50-19-21-54(22-20-50)93-40-56-41-94-74-73(95-56)81(126)103-87(91)102-74/h17-24,41,43,45-47,51-53,55,59-61,63-64,67,72,75,86,92-93,104,109,120H,9-16,25-40,42,44,89-90H2,1-8H3,(H,96,124)(H,97,122)(H,98,121)(H,99,123)(H,101,125)(H,105,132)(H,113,114)(H,115,116)(H,117,118)(H,128,129)(H,130,131)(H3,91,94,102,103,126)/t46?,47-,51+,52+,53+,55+,59+,60+,61+,63+,64+,67+,72-,75+/m0/s1. The molecule has 14 atom stereocenters. The van der Waals surface area contributed by atoms with Crippen LogP contribution in [-0.4, -0.2) is 271 Å². The molecule has 1 unspecified atom stereocenters. The number of aromatic hydroxyl groups is 1. The minimum atomic E-state index is -2.02. The lowest BCUT2D eigenvalue weighted by molar-refractivity contribution is -0.161. The number of hydrogen-bond donors (Lipinski definition) is 20. The molecule has 0 spiro atoms. The molecule has 3 aromatic heterocycles. The number of Topliss-reactive ketones (excluding diaryl/α,β-unsaturated/α-hetero) is 3. The second-order valence-corrected chi connectivity index (χ2v) is 37.4. The summed E-state index contributed by atoms with van der Waals surface area (Å²) in [5.41, 5.74) is 22.2. The number of carboxylic acids is 5. The van der Waals surface area contributed by atoms with Gasteiger partial charge in [0.15, 0.2) is 35.6 Å². The van der Waals surface area contributed by atoms with Crippen LogP contribution < -0.4 is 70.8 Å². The highest BCUT2D eigenvalue weighted by atomic mass is 33.1. The first-order chi connectivity index (χ1) is 65.3. The number of phenolic OH excluding ortho intramolecular Hbond substituents is 1. The van der Waals surface area contributed by atoms with Gasteiger partial charge in [0, 0.05) is 85.7 Å². The number of hydrogen-bond acceptors (Lipinski definition) is 37. The number of hydrazine groups is 1. The predicted octanol–water partition coefficient (Wildman–Crippen LogP) is 2.97. The number of likely N-dealkylation sites (N-methyl/N-ethyl adjacent to an activating group) is 1. The van der Waals surface area contributed by atoms with E-state index in [9.17, 15) is 117 Å². The summed E-state index contributed by atoms with van der Waals surface area (Å²) in [4.78, 5) is 262. The Hall–Kier alpha value is -12.5. The molecule has 0 saturated carbocycles. The fourth-order valence-corrected chi connectivity index (χ4v) is 17.7. The number of carboxylic acid groups (broad SMARTS) is 5. The number of phenols is 1. The van der Waals surface area contributed by atoms with E-state index in [1.165, 1.54) is 59.8 Å². The third-order valence-electron chi connectivity index (χ3n) is 22.5. The second-order valence-electron chi connectivity index (χ2n) is 33.9. The summed E-state index contributed by atoms with van der Waals surface area (Å²) in [6, 6.07) is 3.34. The van der Waals surface area contributed by atoms with Crippen molar-refractivity contribution in [2.75, 3.05) is 56.0 Å². The van der Waals surface area contributed by atoms with Crippen LogP contribution in [0.25, 0.3) is 11.2 Å². The van der Waals surface area contributed by atoms with Gasteiger partial charge >= 0.3 is 47.9 Å². The number of carbonyl (C=O) groups is 17. The molecule has 0 radical (unpaired) electrons. The SMILES string of the molecule is CCCC(=O)OCN(C(=O)[C@@H](NC(=O)[C@H]1CCCCN1C)C(C)CC)[C@H](C[C@@H](OC(C)=O)c1nc(C(=O)N[C@@H](Cc2ccc(O)cc2)C[C@H](C)[C@@H](O)NNC(=O)OCCSSC[C@@H](CC(=O)[C@@H](CC(=O)O)NC(=O)[C@@H](CC(=O)O)CC(=O)[C@@H](CCCNC(N)N)NC(=O)[C@@H](CC(=O)O)CC(=O)CC[C@@H](NC(=O)c2ccc(NCc3cnc4nc(N)[nH]c(=O)c4n3)cc2)C(=O)O)C(=O)O)cs1)C(C)C. The smallest absolute Gasteiger partial charge is 0.421 e. The molecule has 1 aliphatic heterocycles. The Bertz CT molecular complexity index is 5070. The summed E-state index contributed by atoms with van der Waals surface area (Å²) in [5.74, 6) is -24.6. The average Bonchev–Trinajstić information content (AvgIpc) is 1.18. The van der Waals surface area contributed by atoms with Crippen LogP contribution in [0.15, 0.2) is 64.9 Å². The highest BCUT2D eigenvalue weighted by Crippen LogP contribution is 2.34. The number of benzene rings is 2. The Morgan fingerprint density at radius 3 is 1.97 bits per heavy atom. The number of aliphatic hydroxyl groups is 1. The van der Waals surface area contributed by atoms with Crippen LogP contribution in [0.2, 0.25) is 0 Å². The van der Waals surface area contributed by atoms with Gasteiger partial charge in [0.05, 0.1) is 73.6 Å². The van der Waals surface area contributed by atoms with Crippen molar-refractivity contribution >= 4 is 156 Å². The van der Waals surface area contributed by atoms with E-state index < -0.39 is 243 Å². The number of ketones is 3. The Balaban J connectivity index is 1.02. The lowest BCUT2D eigenvalue weighted by Crippen LogP contribution is -2.59. The summed E-state index contributed by atoms with van der Waals surface area (Å²) in [7, 11) is 3.73. The topological polar surface area (TPSA) is 737 Å². The molecule has 2 aromatic carbocycles. The summed E-state index contributed by atoms with van der Waals surface area (Å²) < 4.78 is 16.8. The van der Waals surface area contributed by atoms with Crippen molar-refractivity contribution in [1.29, 1.82) is 0 Å². The Morgan fingerprint density at radius 2 is 1.36 bits per heavy atom. The maximum atomic E-state index is 15.1. The molecule has 138 heavy (non-hydrogen) atoms. The van der Waals surface area contributed by atoms with Gasteiger partial charge in [-0.15, -0.1) is 11.3 Å². The zero-order chi connectivity index (χ0) is 102. The molecule has 0 bridgehead atoms. The molecule has 1 saturated heterocycles. The minimum absolute atomic E-state index is 0.0000168. The zero-order valence-corrected chi connectivity index (χ0v) is 80.2. The van der Waals surface area contributed by atoms with Crippen molar-refractivity contribution in [2.24, 2.45) is 47.0 Å². The number of nitrogens with zero attached hydrogens (tertiary/aromatic N) is 6. The fraction of sp³-hybridized carbons (Fsp3) is 0.568. The van der Waals surface area contributed by atoms with Crippen molar-refractivity contribution < 1.29 is 131 Å². The normalized spacial score (nSPS) is 15.5. The van der Waals surface area contributed by atoms with Gasteiger partial charge < -0.3 is 104 Å². The van der Waals surface area contributed by atoms with Crippen LogP contribution in [0.1, 0.15) is 207 Å². The van der Waals surface area contributed by atoms with Crippen LogP contribution >= 0.6 is 32.9 Å². The molecular formula is C88H125N19O28S3. The Morgan fingerprint density at radius 1 is 0.703 bits per heavy atom. The summed E-state index contributed by atoms with van der Waals surface area (Å²) >= 11 is 1.00. The largest absolute Gasteiger partial charge is 0.508 e. The molecule has 50 heteroatoms. The van der Waals surface area contributed by atoms with E-state index in [4.69, 9.17) is 31.4 Å². The molecule has 6 rings (SSSR count). The number of amides is 7. The van der Waals surface area contributed by atoms with Crippen molar-refractivity contribution in [3.63, 3.8) is 0 Å². The van der Waals surface area contributed by atoms with E-state index >= 15 is 4.79 Å². The molecule has 47 nitrogen and oxygen atoms in total. The van der Waals surface area contributed by atoms with E-state index in [0.717, 1.165) is 45.8 Å². The Kier molecular flexibility index (Phi) is 47.8. The molecule has 1 aliphatic rings. The van der Waals surface area contributed by atoms with E-state index in [1.807, 2.05) is 39.6 Å². The van der Waals surface area contributed by atoms with E-state index in [-0.39, 0.29) is 127 Å². The number of thiazole rings is 1. The van der Waals surface area contributed by atoms with E-state index in [0.29, 0.717) is 42.8 Å². The molecule has 7 amide bonds. The molecule has 758 valence electrons. The molecule has 1 fully saturated rings. The van der Waals surface area contributed by atoms with Crippen LogP contribution in [0.4, 0.5) is 16.4 Å². The van der Waals surface area contributed by atoms with Gasteiger partial charge in [0.25, 0.3) is 17.4 Å². The predicted molar refractivity (Wildman–Crippen MR) is 501 cm³/mol. The third kappa shape index (κ3) is 39.2. The van der Waals surface area contributed by atoms with E-state index in [1.54, 1.807) is 26.0 Å². The lowest BCUT2D eigenvalue weighted by Gasteiger charge is -2.39. The number of nitrogens with two attached hydrogens (primary N) is 3. The number of ether oxygens (including phenoxy) is 3.